The first-order valence-corrected chi connectivity index (χ1v) is 9.33. The Hall–Kier alpha value is -3.76. The predicted molar refractivity (Wildman–Crippen MR) is 115 cm³/mol. The molecule has 0 saturated carbocycles. The molecule has 0 unspecified atom stereocenters. The molecule has 1 aliphatic rings. The number of benzene rings is 4. The van der Waals surface area contributed by atoms with E-state index in [-0.39, 0.29) is 0 Å². The van der Waals surface area contributed by atoms with Gasteiger partial charge in [0, 0.05) is 22.3 Å². The molecular formula is C27H18O. The molecule has 1 nitrogen and oxygen atoms in total. The van der Waals surface area contributed by atoms with E-state index in [0.29, 0.717) is 0 Å². The zero-order valence-electron chi connectivity index (χ0n) is 15.3. The van der Waals surface area contributed by atoms with Crippen LogP contribution >= 0.6 is 0 Å². The molecule has 0 bridgehead atoms. The van der Waals surface area contributed by atoms with Crippen molar-refractivity contribution in [2.75, 3.05) is 0 Å². The fraction of sp³-hybridized carbons (Fsp3) is 0.0370. The van der Waals surface area contributed by atoms with Gasteiger partial charge < -0.3 is 4.74 Å². The van der Waals surface area contributed by atoms with Crippen LogP contribution in [0, 0.1) is 12.3 Å². The maximum absolute atomic E-state index is 6.73. The summed E-state index contributed by atoms with van der Waals surface area (Å²) in [6.07, 6.45) is 9.89. The lowest BCUT2D eigenvalue weighted by atomic mass is 9.83. The average molecular weight is 358 g/mol. The van der Waals surface area contributed by atoms with Crippen molar-refractivity contribution < 1.29 is 4.74 Å². The molecule has 1 aliphatic heterocycles. The highest BCUT2D eigenvalue weighted by Crippen LogP contribution is 2.44. The number of terminal acetylenes is 1. The number of hydrogen-bond acceptors (Lipinski definition) is 1. The summed E-state index contributed by atoms with van der Waals surface area (Å²) in [7, 11) is 0. The van der Waals surface area contributed by atoms with Gasteiger partial charge in [-0.15, -0.1) is 6.42 Å². The van der Waals surface area contributed by atoms with Gasteiger partial charge in [0.15, 0.2) is 5.60 Å². The van der Waals surface area contributed by atoms with Crippen LogP contribution < -0.4 is 4.74 Å². The first-order valence-electron chi connectivity index (χ1n) is 9.33. The van der Waals surface area contributed by atoms with Crippen LogP contribution in [0.15, 0.2) is 97.1 Å². The van der Waals surface area contributed by atoms with E-state index >= 15 is 0 Å². The molecule has 4 aromatic rings. The van der Waals surface area contributed by atoms with Crippen molar-refractivity contribution >= 4 is 16.8 Å². The predicted octanol–water partition coefficient (Wildman–Crippen LogP) is 6.17. The summed E-state index contributed by atoms with van der Waals surface area (Å²) in [6, 6.07) is 30.9. The Labute approximate surface area is 164 Å². The molecule has 0 saturated heterocycles. The van der Waals surface area contributed by atoms with E-state index < -0.39 is 5.60 Å². The number of hydrogen-bond donors (Lipinski definition) is 0. The molecule has 28 heavy (non-hydrogen) atoms. The van der Waals surface area contributed by atoms with E-state index in [1.54, 1.807) is 0 Å². The first-order chi connectivity index (χ1) is 13.8. The Morgan fingerprint density at radius 2 is 1.43 bits per heavy atom. The second-order valence-electron chi connectivity index (χ2n) is 6.96. The van der Waals surface area contributed by atoms with Crippen molar-refractivity contribution in [2.45, 2.75) is 5.60 Å². The van der Waals surface area contributed by atoms with Gasteiger partial charge in [0.2, 0.25) is 0 Å². The van der Waals surface area contributed by atoms with E-state index in [0.717, 1.165) is 38.8 Å². The average Bonchev–Trinajstić information content (AvgIpc) is 2.79. The van der Waals surface area contributed by atoms with Gasteiger partial charge in [0.1, 0.15) is 5.75 Å². The van der Waals surface area contributed by atoms with Gasteiger partial charge in [-0.3, -0.25) is 0 Å². The zero-order chi connectivity index (χ0) is 19.0. The molecule has 4 aromatic carbocycles. The van der Waals surface area contributed by atoms with Gasteiger partial charge in [-0.1, -0.05) is 78.7 Å². The molecule has 0 fully saturated rings. The highest BCUT2D eigenvalue weighted by molar-refractivity contribution is 5.94. The standard InChI is InChI=1S/C27H18O/c1-2-20-13-15-24-21(19-20)14-16-26-25(24)17-18-27(28-26,22-9-5-3-6-10-22)23-11-7-4-8-12-23/h1,3-19H. The lowest BCUT2D eigenvalue weighted by Crippen LogP contribution is -2.34. The quantitative estimate of drug-likeness (QED) is 0.389. The van der Waals surface area contributed by atoms with Crippen molar-refractivity contribution in [1.82, 2.24) is 0 Å². The molecule has 0 aliphatic carbocycles. The topological polar surface area (TPSA) is 9.23 Å². The molecule has 1 heterocycles. The van der Waals surface area contributed by atoms with E-state index in [9.17, 15) is 0 Å². The summed E-state index contributed by atoms with van der Waals surface area (Å²) in [5.74, 6) is 3.58. The van der Waals surface area contributed by atoms with Crippen molar-refractivity contribution in [3.8, 4) is 18.1 Å². The molecule has 0 atom stereocenters. The first kappa shape index (κ1) is 16.4. The van der Waals surface area contributed by atoms with Crippen molar-refractivity contribution in [2.24, 2.45) is 0 Å². The molecule has 0 N–H and O–H groups in total. The van der Waals surface area contributed by atoms with Gasteiger partial charge in [-0.25, -0.2) is 0 Å². The maximum Gasteiger partial charge on any atom is 0.178 e. The van der Waals surface area contributed by atoms with E-state index in [2.05, 4.69) is 78.7 Å². The van der Waals surface area contributed by atoms with Crippen LogP contribution in [0.4, 0.5) is 0 Å². The van der Waals surface area contributed by atoms with E-state index in [1.807, 2.05) is 30.3 Å². The minimum Gasteiger partial charge on any atom is -0.473 e. The van der Waals surface area contributed by atoms with Gasteiger partial charge >= 0.3 is 0 Å². The monoisotopic (exact) mass is 358 g/mol. The summed E-state index contributed by atoms with van der Waals surface area (Å²) < 4.78 is 6.73. The van der Waals surface area contributed by atoms with Crippen LogP contribution in [0.25, 0.3) is 16.8 Å². The summed E-state index contributed by atoms with van der Waals surface area (Å²) in [5.41, 5.74) is 3.53. The lowest BCUT2D eigenvalue weighted by molar-refractivity contribution is 0.161. The SMILES string of the molecule is C#Cc1ccc2c3c(ccc2c1)OC(c1ccccc1)(c1ccccc1)C=C3. The van der Waals surface area contributed by atoms with Crippen LogP contribution in [0.3, 0.4) is 0 Å². The van der Waals surface area contributed by atoms with E-state index in [1.165, 1.54) is 0 Å². The second kappa shape index (κ2) is 6.44. The van der Waals surface area contributed by atoms with Crippen molar-refractivity contribution in [3.63, 3.8) is 0 Å². The van der Waals surface area contributed by atoms with Crippen molar-refractivity contribution in [3.05, 3.63) is 119 Å². The van der Waals surface area contributed by atoms with Gasteiger partial charge in [-0.05, 0) is 41.1 Å². The Morgan fingerprint density at radius 3 is 2.07 bits per heavy atom. The smallest absolute Gasteiger partial charge is 0.178 e. The summed E-state index contributed by atoms with van der Waals surface area (Å²) in [4.78, 5) is 0. The van der Waals surface area contributed by atoms with Crippen molar-refractivity contribution in [1.29, 1.82) is 0 Å². The minimum atomic E-state index is -0.651. The number of fused-ring (bicyclic) bond motifs is 3. The van der Waals surface area contributed by atoms with Crippen LogP contribution in [-0.4, -0.2) is 0 Å². The van der Waals surface area contributed by atoms with Crippen LogP contribution in [-0.2, 0) is 5.60 Å². The largest absolute Gasteiger partial charge is 0.473 e. The minimum absolute atomic E-state index is 0.651. The highest BCUT2D eigenvalue weighted by atomic mass is 16.5. The van der Waals surface area contributed by atoms with Gasteiger partial charge in [-0.2, -0.15) is 0 Å². The Morgan fingerprint density at radius 1 is 0.750 bits per heavy atom. The van der Waals surface area contributed by atoms with Crippen LogP contribution in [0.1, 0.15) is 22.3 Å². The molecular weight excluding hydrogens is 340 g/mol. The van der Waals surface area contributed by atoms with Crippen LogP contribution in [0.2, 0.25) is 0 Å². The normalized spacial score (nSPS) is 14.1. The molecule has 0 amide bonds. The summed E-state index contributed by atoms with van der Waals surface area (Å²) in [6.45, 7) is 0. The highest BCUT2D eigenvalue weighted by Gasteiger charge is 2.37. The molecule has 0 aromatic heterocycles. The molecule has 1 heteroatoms. The summed E-state index contributed by atoms with van der Waals surface area (Å²) >= 11 is 0. The Balaban J connectivity index is 1.72. The molecule has 0 radical (unpaired) electrons. The maximum atomic E-state index is 6.73. The van der Waals surface area contributed by atoms with E-state index in [4.69, 9.17) is 11.2 Å². The lowest BCUT2D eigenvalue weighted by Gasteiger charge is -2.36. The third-order valence-corrected chi connectivity index (χ3v) is 5.35. The van der Waals surface area contributed by atoms with Gasteiger partial charge in [0.05, 0.1) is 0 Å². The molecule has 0 spiro atoms. The summed E-state index contributed by atoms with van der Waals surface area (Å²) in [5, 5.41) is 2.26. The number of ether oxygens (including phenoxy) is 1. The van der Waals surface area contributed by atoms with Crippen LogP contribution in [0.5, 0.6) is 5.75 Å². The number of rotatable bonds is 2. The Kier molecular flexibility index (Phi) is 3.78. The third kappa shape index (κ3) is 2.51. The van der Waals surface area contributed by atoms with Gasteiger partial charge in [0.25, 0.3) is 0 Å². The fourth-order valence-corrected chi connectivity index (χ4v) is 3.94. The fourth-order valence-electron chi connectivity index (χ4n) is 3.94. The molecule has 132 valence electrons. The Bertz CT molecular complexity index is 1190. The second-order valence-corrected chi connectivity index (χ2v) is 6.96. The third-order valence-electron chi connectivity index (χ3n) is 5.35. The zero-order valence-corrected chi connectivity index (χ0v) is 15.3. The molecule has 5 rings (SSSR count).